The van der Waals surface area contributed by atoms with Crippen LogP contribution >= 0.6 is 0 Å². The van der Waals surface area contributed by atoms with Gasteiger partial charge in [-0.05, 0) is 36.4 Å². The lowest BCUT2D eigenvalue weighted by Crippen LogP contribution is -2.10. The summed E-state index contributed by atoms with van der Waals surface area (Å²) in [6, 6.07) is 10.8. The number of anilines is 4. The van der Waals surface area contributed by atoms with E-state index in [2.05, 4.69) is 5.32 Å². The maximum Gasteiger partial charge on any atom is 0.418 e. The molecule has 3 N–H and O–H groups in total. The second kappa shape index (κ2) is 5.55. The second-order valence-corrected chi connectivity index (χ2v) is 4.87. The van der Waals surface area contributed by atoms with Crippen molar-refractivity contribution in [3.63, 3.8) is 0 Å². The van der Waals surface area contributed by atoms with Gasteiger partial charge in [-0.1, -0.05) is 6.07 Å². The highest BCUT2D eigenvalue weighted by Gasteiger charge is 2.33. The molecule has 0 fully saturated rings. The number of benzene rings is 2. The number of nitrogen functional groups attached to an aromatic ring is 1. The van der Waals surface area contributed by atoms with Crippen molar-refractivity contribution < 1.29 is 13.2 Å². The van der Waals surface area contributed by atoms with Crippen LogP contribution < -0.4 is 16.0 Å². The summed E-state index contributed by atoms with van der Waals surface area (Å²) in [5, 5.41) is 2.80. The van der Waals surface area contributed by atoms with Crippen molar-refractivity contribution in [2.45, 2.75) is 6.18 Å². The van der Waals surface area contributed by atoms with Crippen molar-refractivity contribution >= 4 is 22.7 Å². The lowest BCUT2D eigenvalue weighted by Gasteiger charge is -2.17. The molecule has 0 unspecified atom stereocenters. The highest BCUT2D eigenvalue weighted by atomic mass is 19.4. The summed E-state index contributed by atoms with van der Waals surface area (Å²) in [6.07, 6.45) is -4.46. The number of nitrogens with two attached hydrogens (primary N) is 1. The minimum Gasteiger partial charge on any atom is -0.399 e. The highest BCUT2D eigenvalue weighted by Crippen LogP contribution is 2.37. The van der Waals surface area contributed by atoms with E-state index in [0.29, 0.717) is 5.69 Å². The van der Waals surface area contributed by atoms with E-state index < -0.39 is 11.7 Å². The van der Waals surface area contributed by atoms with E-state index in [4.69, 9.17) is 5.73 Å². The summed E-state index contributed by atoms with van der Waals surface area (Å²) in [4.78, 5) is 1.87. The van der Waals surface area contributed by atoms with E-state index in [1.54, 1.807) is 18.2 Å². The van der Waals surface area contributed by atoms with E-state index >= 15 is 0 Å². The van der Waals surface area contributed by atoms with Gasteiger partial charge in [-0.25, -0.2) is 0 Å². The summed E-state index contributed by atoms with van der Waals surface area (Å²) in [5.41, 5.74) is 6.20. The topological polar surface area (TPSA) is 41.3 Å². The monoisotopic (exact) mass is 295 g/mol. The van der Waals surface area contributed by atoms with Gasteiger partial charge in [0.2, 0.25) is 0 Å². The van der Waals surface area contributed by atoms with Crippen molar-refractivity contribution in [1.29, 1.82) is 0 Å². The van der Waals surface area contributed by atoms with Gasteiger partial charge >= 0.3 is 6.18 Å². The lowest BCUT2D eigenvalue weighted by molar-refractivity contribution is -0.136. The molecule has 0 spiro atoms. The van der Waals surface area contributed by atoms with Crippen LogP contribution in [-0.4, -0.2) is 14.1 Å². The van der Waals surface area contributed by atoms with Crippen LogP contribution in [0.5, 0.6) is 0 Å². The third-order valence-corrected chi connectivity index (χ3v) is 2.99. The Morgan fingerprint density at radius 2 is 1.76 bits per heavy atom. The Bertz CT molecular complexity index is 636. The summed E-state index contributed by atoms with van der Waals surface area (Å²) in [6.45, 7) is 0. The van der Waals surface area contributed by atoms with Gasteiger partial charge in [-0.3, -0.25) is 0 Å². The Kier molecular flexibility index (Phi) is 3.97. The summed E-state index contributed by atoms with van der Waals surface area (Å²) in [5.74, 6) is 0. The molecule has 2 aromatic carbocycles. The fourth-order valence-corrected chi connectivity index (χ4v) is 1.92. The molecule has 0 saturated carbocycles. The van der Waals surface area contributed by atoms with Crippen LogP contribution in [0.1, 0.15) is 5.56 Å². The van der Waals surface area contributed by atoms with E-state index in [1.165, 1.54) is 12.1 Å². The van der Waals surface area contributed by atoms with Crippen molar-refractivity contribution in [3.05, 3.63) is 48.0 Å². The van der Waals surface area contributed by atoms with Crippen molar-refractivity contribution in [3.8, 4) is 0 Å². The van der Waals surface area contributed by atoms with Crippen LogP contribution in [0, 0.1) is 0 Å². The van der Waals surface area contributed by atoms with Gasteiger partial charge in [0.1, 0.15) is 0 Å². The van der Waals surface area contributed by atoms with Crippen LogP contribution in [0.25, 0.3) is 0 Å². The molecule has 2 rings (SSSR count). The number of halogens is 3. The Hall–Kier alpha value is -2.37. The average molecular weight is 295 g/mol. The van der Waals surface area contributed by atoms with Crippen molar-refractivity contribution in [1.82, 2.24) is 0 Å². The molecule has 0 aliphatic heterocycles. The van der Waals surface area contributed by atoms with Crippen LogP contribution in [-0.2, 0) is 6.18 Å². The lowest BCUT2D eigenvalue weighted by atomic mass is 10.1. The molecule has 0 amide bonds. The van der Waals surface area contributed by atoms with Gasteiger partial charge in [-0.15, -0.1) is 0 Å². The Morgan fingerprint density at radius 1 is 1.05 bits per heavy atom. The molecule has 0 atom stereocenters. The first-order chi connectivity index (χ1) is 9.77. The first-order valence-electron chi connectivity index (χ1n) is 6.28. The standard InChI is InChI=1S/C15H16F3N3/c1-21(2)12-5-3-4-11(9-12)20-14-7-6-10(19)8-13(14)15(16,17)18/h3-9,20H,19H2,1-2H3. The number of rotatable bonds is 3. The summed E-state index contributed by atoms with van der Waals surface area (Å²) in [7, 11) is 3.73. The number of alkyl halides is 3. The maximum atomic E-state index is 13.0. The van der Waals surface area contributed by atoms with Crippen molar-refractivity contribution in [2.24, 2.45) is 0 Å². The predicted octanol–water partition coefficient (Wildman–Crippen LogP) is 4.10. The van der Waals surface area contributed by atoms with Crippen LogP contribution in [0.3, 0.4) is 0 Å². The third kappa shape index (κ3) is 3.59. The molecule has 0 saturated heterocycles. The van der Waals surface area contributed by atoms with Gasteiger partial charge < -0.3 is 16.0 Å². The molecule has 21 heavy (non-hydrogen) atoms. The largest absolute Gasteiger partial charge is 0.418 e. The Balaban J connectivity index is 2.38. The fraction of sp³-hybridized carbons (Fsp3) is 0.200. The normalized spacial score (nSPS) is 11.3. The van der Waals surface area contributed by atoms with Gasteiger partial charge in [0, 0.05) is 31.2 Å². The number of hydrogen-bond donors (Lipinski definition) is 2. The number of hydrogen-bond acceptors (Lipinski definition) is 3. The molecular formula is C15H16F3N3. The molecular weight excluding hydrogens is 279 g/mol. The fourth-order valence-electron chi connectivity index (χ4n) is 1.92. The Morgan fingerprint density at radius 3 is 2.38 bits per heavy atom. The molecule has 0 bridgehead atoms. The quantitative estimate of drug-likeness (QED) is 0.838. The van der Waals surface area contributed by atoms with Gasteiger partial charge in [0.05, 0.1) is 11.3 Å². The molecule has 112 valence electrons. The zero-order chi connectivity index (χ0) is 15.6. The van der Waals surface area contributed by atoms with Crippen LogP contribution in [0.15, 0.2) is 42.5 Å². The van der Waals surface area contributed by atoms with Crippen LogP contribution in [0.2, 0.25) is 0 Å². The first kappa shape index (κ1) is 15.0. The zero-order valence-corrected chi connectivity index (χ0v) is 11.7. The number of nitrogens with one attached hydrogen (secondary N) is 1. The molecule has 0 radical (unpaired) electrons. The van der Waals surface area contributed by atoms with Crippen LogP contribution in [0.4, 0.5) is 35.9 Å². The molecule has 0 aliphatic carbocycles. The second-order valence-electron chi connectivity index (χ2n) is 4.87. The molecule has 0 aliphatic rings. The summed E-state index contributed by atoms with van der Waals surface area (Å²) < 4.78 is 39.1. The van der Waals surface area contributed by atoms with E-state index in [1.807, 2.05) is 25.1 Å². The van der Waals surface area contributed by atoms with E-state index in [9.17, 15) is 13.2 Å². The highest BCUT2D eigenvalue weighted by molar-refractivity contribution is 5.69. The first-order valence-corrected chi connectivity index (χ1v) is 6.28. The maximum absolute atomic E-state index is 13.0. The van der Waals surface area contributed by atoms with Gasteiger partial charge in [0.15, 0.2) is 0 Å². The van der Waals surface area contributed by atoms with E-state index in [0.717, 1.165) is 11.8 Å². The third-order valence-electron chi connectivity index (χ3n) is 2.99. The van der Waals surface area contributed by atoms with Crippen molar-refractivity contribution in [2.75, 3.05) is 30.0 Å². The minimum absolute atomic E-state index is 0.0207. The molecule has 0 aromatic heterocycles. The molecule has 2 aromatic rings. The smallest absolute Gasteiger partial charge is 0.399 e. The minimum atomic E-state index is -4.46. The SMILES string of the molecule is CN(C)c1cccc(Nc2ccc(N)cc2C(F)(F)F)c1. The molecule has 6 heteroatoms. The zero-order valence-electron chi connectivity index (χ0n) is 11.7. The van der Waals surface area contributed by atoms with Gasteiger partial charge in [-0.2, -0.15) is 13.2 Å². The number of nitrogens with zero attached hydrogens (tertiary/aromatic N) is 1. The predicted molar refractivity (Wildman–Crippen MR) is 79.9 cm³/mol. The van der Waals surface area contributed by atoms with Gasteiger partial charge in [0.25, 0.3) is 0 Å². The van der Waals surface area contributed by atoms with E-state index in [-0.39, 0.29) is 11.4 Å². The molecule has 0 heterocycles. The Labute approximate surface area is 121 Å². The summed E-state index contributed by atoms with van der Waals surface area (Å²) >= 11 is 0. The average Bonchev–Trinajstić information content (AvgIpc) is 2.40. The molecule has 3 nitrogen and oxygen atoms in total.